The molecule has 0 radical (unpaired) electrons. The molecular formula is C14H26N2O2. The minimum Gasteiger partial charge on any atom is -0.391 e. The van der Waals surface area contributed by atoms with Crippen LogP contribution >= 0.6 is 0 Å². The van der Waals surface area contributed by atoms with Gasteiger partial charge < -0.3 is 15.7 Å². The maximum atomic E-state index is 12.2. The maximum absolute atomic E-state index is 12.2. The van der Waals surface area contributed by atoms with E-state index in [-0.39, 0.29) is 24.1 Å². The molecule has 1 saturated heterocycles. The summed E-state index contributed by atoms with van der Waals surface area (Å²) in [5.74, 6) is 0.748. The van der Waals surface area contributed by atoms with Crippen LogP contribution in [0, 0.1) is 5.92 Å². The number of aliphatic hydroxyl groups is 1. The fraction of sp³-hybridized carbons (Fsp3) is 0.929. The zero-order chi connectivity index (χ0) is 13.0. The number of hydrogen-bond donors (Lipinski definition) is 3. The maximum Gasteiger partial charge on any atom is 0.237 e. The van der Waals surface area contributed by atoms with E-state index >= 15 is 0 Å². The minimum absolute atomic E-state index is 0.0324. The molecule has 1 amide bonds. The zero-order valence-corrected chi connectivity index (χ0v) is 11.3. The second-order valence-corrected chi connectivity index (χ2v) is 5.77. The van der Waals surface area contributed by atoms with Crippen molar-refractivity contribution in [3.8, 4) is 0 Å². The van der Waals surface area contributed by atoms with Gasteiger partial charge in [0.1, 0.15) is 0 Å². The van der Waals surface area contributed by atoms with Crippen LogP contribution in [0.1, 0.15) is 51.9 Å². The smallest absolute Gasteiger partial charge is 0.237 e. The summed E-state index contributed by atoms with van der Waals surface area (Å²) in [4.78, 5) is 12.2. The van der Waals surface area contributed by atoms with E-state index in [0.717, 1.165) is 45.1 Å². The highest BCUT2D eigenvalue weighted by molar-refractivity contribution is 5.82. The van der Waals surface area contributed by atoms with E-state index in [1.807, 2.05) is 0 Å². The Balaban J connectivity index is 1.83. The molecule has 0 bridgehead atoms. The molecule has 2 rings (SSSR count). The summed E-state index contributed by atoms with van der Waals surface area (Å²) in [6.45, 7) is 3.12. The van der Waals surface area contributed by atoms with Gasteiger partial charge in [0.2, 0.25) is 5.91 Å². The molecule has 4 nitrogen and oxygen atoms in total. The van der Waals surface area contributed by atoms with Gasteiger partial charge in [-0.2, -0.15) is 0 Å². The van der Waals surface area contributed by atoms with Crippen molar-refractivity contribution >= 4 is 5.91 Å². The van der Waals surface area contributed by atoms with Gasteiger partial charge in [0.15, 0.2) is 0 Å². The van der Waals surface area contributed by atoms with Crippen LogP contribution in [-0.2, 0) is 4.79 Å². The Bertz CT molecular complexity index is 283. The fourth-order valence-electron chi connectivity index (χ4n) is 3.13. The number of carbonyl (C=O) groups is 1. The molecule has 2 fully saturated rings. The van der Waals surface area contributed by atoms with Gasteiger partial charge in [0, 0.05) is 0 Å². The minimum atomic E-state index is -0.353. The molecule has 3 N–H and O–H groups in total. The Kier molecular flexibility index (Phi) is 5.01. The predicted molar refractivity (Wildman–Crippen MR) is 71.2 cm³/mol. The molecule has 4 heteroatoms. The first-order valence-electron chi connectivity index (χ1n) is 7.42. The summed E-state index contributed by atoms with van der Waals surface area (Å²) >= 11 is 0. The van der Waals surface area contributed by atoms with Gasteiger partial charge in [-0.1, -0.05) is 26.2 Å². The first kappa shape index (κ1) is 13.8. The number of aliphatic hydroxyl groups excluding tert-OH is 1. The normalized spacial score (nSPS) is 37.2. The van der Waals surface area contributed by atoms with E-state index in [9.17, 15) is 9.90 Å². The summed E-state index contributed by atoms with van der Waals surface area (Å²) in [6, 6.07) is -0.0899. The van der Waals surface area contributed by atoms with E-state index in [0.29, 0.717) is 5.92 Å². The number of rotatable bonds is 3. The van der Waals surface area contributed by atoms with E-state index in [4.69, 9.17) is 0 Å². The van der Waals surface area contributed by atoms with Gasteiger partial charge in [-0.25, -0.2) is 0 Å². The Morgan fingerprint density at radius 1 is 1.33 bits per heavy atom. The average molecular weight is 254 g/mol. The van der Waals surface area contributed by atoms with Crippen LogP contribution in [0.3, 0.4) is 0 Å². The lowest BCUT2D eigenvalue weighted by molar-refractivity contribution is -0.126. The molecule has 4 unspecified atom stereocenters. The van der Waals surface area contributed by atoms with Gasteiger partial charge in [-0.3, -0.25) is 4.79 Å². The van der Waals surface area contributed by atoms with E-state index in [2.05, 4.69) is 17.6 Å². The van der Waals surface area contributed by atoms with Crippen molar-refractivity contribution in [2.24, 2.45) is 5.92 Å². The van der Waals surface area contributed by atoms with Gasteiger partial charge in [0.05, 0.1) is 18.2 Å². The second-order valence-electron chi connectivity index (χ2n) is 5.77. The highest BCUT2D eigenvalue weighted by Crippen LogP contribution is 2.21. The van der Waals surface area contributed by atoms with Gasteiger partial charge in [-0.05, 0) is 38.1 Å². The lowest BCUT2D eigenvalue weighted by atomic mass is 9.89. The molecule has 1 aliphatic carbocycles. The number of nitrogens with one attached hydrogen (secondary N) is 2. The summed E-state index contributed by atoms with van der Waals surface area (Å²) < 4.78 is 0. The lowest BCUT2D eigenvalue weighted by Gasteiger charge is -2.33. The van der Waals surface area contributed by atoms with Gasteiger partial charge in [0.25, 0.3) is 0 Å². The topological polar surface area (TPSA) is 61.4 Å². The zero-order valence-electron chi connectivity index (χ0n) is 11.3. The third kappa shape index (κ3) is 3.45. The van der Waals surface area contributed by atoms with Crippen LogP contribution in [0.25, 0.3) is 0 Å². The number of carbonyl (C=O) groups excluding carboxylic acids is 1. The predicted octanol–water partition coefficient (Wildman–Crippen LogP) is 1.18. The number of piperidine rings is 1. The average Bonchev–Trinajstić information content (AvgIpc) is 2.41. The lowest BCUT2D eigenvalue weighted by Crippen LogP contribution is -2.54. The third-order valence-electron chi connectivity index (χ3n) is 4.46. The SMILES string of the molecule is CCC1CCNC(C(=O)NC2CCCCC2O)C1. The van der Waals surface area contributed by atoms with Crippen LogP contribution in [0.15, 0.2) is 0 Å². The largest absolute Gasteiger partial charge is 0.391 e. The molecule has 18 heavy (non-hydrogen) atoms. The molecule has 104 valence electrons. The van der Waals surface area contributed by atoms with Crippen LogP contribution < -0.4 is 10.6 Å². The van der Waals surface area contributed by atoms with Crippen LogP contribution in [0.2, 0.25) is 0 Å². The van der Waals surface area contributed by atoms with Crippen molar-refractivity contribution in [1.82, 2.24) is 10.6 Å². The Morgan fingerprint density at radius 2 is 2.11 bits per heavy atom. The van der Waals surface area contributed by atoms with E-state index in [1.165, 1.54) is 6.42 Å². The molecule has 1 aliphatic heterocycles. The van der Waals surface area contributed by atoms with Gasteiger partial charge in [-0.15, -0.1) is 0 Å². The molecule has 2 aliphatic rings. The number of hydrogen-bond acceptors (Lipinski definition) is 3. The molecule has 0 aromatic rings. The molecule has 0 spiro atoms. The first-order chi connectivity index (χ1) is 8.70. The van der Waals surface area contributed by atoms with Crippen molar-refractivity contribution < 1.29 is 9.90 Å². The molecule has 1 heterocycles. The highest BCUT2D eigenvalue weighted by Gasteiger charge is 2.30. The molecule has 0 aromatic carbocycles. The van der Waals surface area contributed by atoms with E-state index < -0.39 is 0 Å². The van der Waals surface area contributed by atoms with Crippen molar-refractivity contribution in [3.05, 3.63) is 0 Å². The van der Waals surface area contributed by atoms with Crippen LogP contribution in [-0.4, -0.2) is 35.7 Å². The monoisotopic (exact) mass is 254 g/mol. The van der Waals surface area contributed by atoms with Crippen molar-refractivity contribution in [2.75, 3.05) is 6.54 Å². The molecule has 1 saturated carbocycles. The molecule has 0 aromatic heterocycles. The summed E-state index contributed by atoms with van der Waals surface area (Å²) in [5.41, 5.74) is 0. The molecule has 4 atom stereocenters. The van der Waals surface area contributed by atoms with E-state index in [1.54, 1.807) is 0 Å². The third-order valence-corrected chi connectivity index (χ3v) is 4.46. The summed E-state index contributed by atoms with van der Waals surface area (Å²) in [6.07, 6.45) is 6.82. The van der Waals surface area contributed by atoms with Crippen molar-refractivity contribution in [1.29, 1.82) is 0 Å². The Labute approximate surface area is 110 Å². The first-order valence-corrected chi connectivity index (χ1v) is 7.42. The standard InChI is InChI=1S/C14H26N2O2/c1-2-10-7-8-15-12(9-10)14(18)16-11-5-3-4-6-13(11)17/h10-13,15,17H,2-9H2,1H3,(H,16,18). The summed E-state index contributed by atoms with van der Waals surface area (Å²) in [7, 11) is 0. The summed E-state index contributed by atoms with van der Waals surface area (Å²) in [5, 5.41) is 16.2. The molecular weight excluding hydrogens is 228 g/mol. The van der Waals surface area contributed by atoms with Crippen molar-refractivity contribution in [2.45, 2.75) is 70.1 Å². The van der Waals surface area contributed by atoms with Crippen LogP contribution in [0.5, 0.6) is 0 Å². The Hall–Kier alpha value is -0.610. The van der Waals surface area contributed by atoms with Crippen LogP contribution in [0.4, 0.5) is 0 Å². The highest BCUT2D eigenvalue weighted by atomic mass is 16.3. The Morgan fingerprint density at radius 3 is 2.83 bits per heavy atom. The van der Waals surface area contributed by atoms with Gasteiger partial charge >= 0.3 is 0 Å². The number of amides is 1. The van der Waals surface area contributed by atoms with Crippen molar-refractivity contribution in [3.63, 3.8) is 0 Å². The fourth-order valence-corrected chi connectivity index (χ4v) is 3.13. The second kappa shape index (κ2) is 6.53. The quantitative estimate of drug-likeness (QED) is 0.709.